The Morgan fingerprint density at radius 2 is 2.18 bits per heavy atom. The minimum atomic E-state index is -0.156. The maximum atomic E-state index is 11.1. The first-order chi connectivity index (χ1) is 5.26. The number of rotatable bonds is 5. The second-order valence-electron chi connectivity index (χ2n) is 2.51. The first-order valence-corrected chi connectivity index (χ1v) is 4.12. The average Bonchev–Trinajstić information content (AvgIpc) is 2.03. The van der Waals surface area contributed by atoms with E-state index in [9.17, 15) is 4.79 Å². The molecule has 0 radical (unpaired) electrons. The van der Waals surface area contributed by atoms with Gasteiger partial charge in [-0.1, -0.05) is 13.8 Å². The largest absolute Gasteiger partial charge is 0.465 e. The minimum Gasteiger partial charge on any atom is -0.465 e. The van der Waals surface area contributed by atoms with Crippen molar-refractivity contribution < 1.29 is 9.53 Å². The summed E-state index contributed by atoms with van der Waals surface area (Å²) in [7, 11) is 0. The SMILES string of the molecule is CCCOC(=O)C(CC)CN. The Bertz CT molecular complexity index is 111. The number of carbonyl (C=O) groups is 1. The van der Waals surface area contributed by atoms with Gasteiger partial charge in [-0.3, -0.25) is 4.79 Å². The molecule has 0 aromatic heterocycles. The smallest absolute Gasteiger partial charge is 0.310 e. The standard InChI is InChI=1S/C8H17NO2/c1-3-5-11-8(10)7(4-2)6-9/h7H,3-6,9H2,1-2H3. The quantitative estimate of drug-likeness (QED) is 0.607. The third-order valence-corrected chi connectivity index (χ3v) is 1.56. The van der Waals surface area contributed by atoms with Crippen LogP contribution in [0.3, 0.4) is 0 Å². The highest BCUT2D eigenvalue weighted by Crippen LogP contribution is 2.02. The van der Waals surface area contributed by atoms with Gasteiger partial charge in [0, 0.05) is 6.54 Å². The van der Waals surface area contributed by atoms with Gasteiger partial charge in [0.2, 0.25) is 0 Å². The lowest BCUT2D eigenvalue weighted by molar-refractivity contribution is -0.148. The molecule has 1 atom stereocenters. The van der Waals surface area contributed by atoms with Crippen LogP contribution in [-0.2, 0) is 9.53 Å². The Morgan fingerprint density at radius 3 is 2.55 bits per heavy atom. The van der Waals surface area contributed by atoms with Crippen LogP contribution < -0.4 is 5.73 Å². The molecule has 3 heteroatoms. The summed E-state index contributed by atoms with van der Waals surface area (Å²) in [5.74, 6) is -0.265. The second-order valence-corrected chi connectivity index (χ2v) is 2.51. The van der Waals surface area contributed by atoms with E-state index in [1.54, 1.807) is 0 Å². The third kappa shape index (κ3) is 3.98. The molecule has 0 saturated carbocycles. The zero-order chi connectivity index (χ0) is 8.69. The summed E-state index contributed by atoms with van der Waals surface area (Å²) in [5.41, 5.74) is 5.36. The summed E-state index contributed by atoms with van der Waals surface area (Å²) in [6.07, 6.45) is 1.63. The minimum absolute atomic E-state index is 0.110. The molecule has 0 amide bonds. The van der Waals surface area contributed by atoms with Gasteiger partial charge in [-0.25, -0.2) is 0 Å². The number of esters is 1. The summed E-state index contributed by atoms with van der Waals surface area (Å²) in [4.78, 5) is 11.1. The van der Waals surface area contributed by atoms with E-state index in [1.807, 2.05) is 13.8 Å². The molecule has 3 nitrogen and oxygen atoms in total. The van der Waals surface area contributed by atoms with Crippen molar-refractivity contribution in [1.82, 2.24) is 0 Å². The van der Waals surface area contributed by atoms with Gasteiger partial charge in [-0.05, 0) is 12.8 Å². The highest BCUT2D eigenvalue weighted by molar-refractivity contribution is 5.72. The Labute approximate surface area is 67.9 Å². The molecule has 0 rings (SSSR count). The van der Waals surface area contributed by atoms with Crippen LogP contribution in [0.1, 0.15) is 26.7 Å². The monoisotopic (exact) mass is 159 g/mol. The normalized spacial score (nSPS) is 12.6. The molecule has 0 fully saturated rings. The van der Waals surface area contributed by atoms with Gasteiger partial charge < -0.3 is 10.5 Å². The molecule has 0 saturated heterocycles. The number of carbonyl (C=O) groups excluding carboxylic acids is 1. The third-order valence-electron chi connectivity index (χ3n) is 1.56. The lowest BCUT2D eigenvalue weighted by Gasteiger charge is -2.10. The van der Waals surface area contributed by atoms with Crippen molar-refractivity contribution in [3.05, 3.63) is 0 Å². The summed E-state index contributed by atoms with van der Waals surface area (Å²) in [5, 5.41) is 0. The van der Waals surface area contributed by atoms with Crippen LogP contribution in [-0.4, -0.2) is 19.1 Å². The van der Waals surface area contributed by atoms with E-state index in [4.69, 9.17) is 10.5 Å². The van der Waals surface area contributed by atoms with Crippen LogP contribution >= 0.6 is 0 Å². The lowest BCUT2D eigenvalue weighted by Crippen LogP contribution is -2.25. The van der Waals surface area contributed by atoms with E-state index in [1.165, 1.54) is 0 Å². The number of hydrogen-bond acceptors (Lipinski definition) is 3. The highest BCUT2D eigenvalue weighted by atomic mass is 16.5. The van der Waals surface area contributed by atoms with Crippen LogP contribution in [0.5, 0.6) is 0 Å². The predicted molar refractivity (Wildman–Crippen MR) is 44.1 cm³/mol. The van der Waals surface area contributed by atoms with E-state index in [2.05, 4.69) is 0 Å². The molecule has 2 N–H and O–H groups in total. The summed E-state index contributed by atoms with van der Waals surface area (Å²) >= 11 is 0. The summed E-state index contributed by atoms with van der Waals surface area (Å²) in [6.45, 7) is 4.80. The molecule has 0 aliphatic heterocycles. The van der Waals surface area contributed by atoms with Crippen LogP contribution in [0.4, 0.5) is 0 Å². The Kier molecular flexibility index (Phi) is 5.84. The van der Waals surface area contributed by atoms with Crippen molar-refractivity contribution >= 4 is 5.97 Å². The fourth-order valence-electron chi connectivity index (χ4n) is 0.750. The molecule has 0 aromatic rings. The van der Waals surface area contributed by atoms with Gasteiger partial charge >= 0.3 is 5.97 Å². The molecule has 0 aromatic carbocycles. The fraction of sp³-hybridized carbons (Fsp3) is 0.875. The first-order valence-electron chi connectivity index (χ1n) is 4.12. The predicted octanol–water partition coefficient (Wildman–Crippen LogP) is 0.924. The molecular formula is C8H17NO2. The zero-order valence-corrected chi connectivity index (χ0v) is 7.30. The molecule has 66 valence electrons. The van der Waals surface area contributed by atoms with Gasteiger partial charge in [-0.2, -0.15) is 0 Å². The van der Waals surface area contributed by atoms with Gasteiger partial charge in [0.25, 0.3) is 0 Å². The number of nitrogens with two attached hydrogens (primary N) is 1. The maximum Gasteiger partial charge on any atom is 0.310 e. The van der Waals surface area contributed by atoms with Crippen LogP contribution in [0, 0.1) is 5.92 Å². The zero-order valence-electron chi connectivity index (χ0n) is 7.30. The molecule has 0 heterocycles. The highest BCUT2D eigenvalue weighted by Gasteiger charge is 2.14. The molecule has 0 aliphatic rings. The van der Waals surface area contributed by atoms with E-state index in [0.29, 0.717) is 13.2 Å². The van der Waals surface area contributed by atoms with E-state index < -0.39 is 0 Å². The Hall–Kier alpha value is -0.570. The van der Waals surface area contributed by atoms with Gasteiger partial charge in [-0.15, -0.1) is 0 Å². The Morgan fingerprint density at radius 1 is 1.55 bits per heavy atom. The Balaban J connectivity index is 3.61. The maximum absolute atomic E-state index is 11.1. The van der Waals surface area contributed by atoms with E-state index in [-0.39, 0.29) is 11.9 Å². The molecule has 1 unspecified atom stereocenters. The summed E-state index contributed by atoms with van der Waals surface area (Å²) in [6, 6.07) is 0. The second kappa shape index (κ2) is 6.16. The molecular weight excluding hydrogens is 142 g/mol. The van der Waals surface area contributed by atoms with Crippen molar-refractivity contribution in [3.63, 3.8) is 0 Å². The van der Waals surface area contributed by atoms with Crippen molar-refractivity contribution in [2.24, 2.45) is 11.7 Å². The van der Waals surface area contributed by atoms with Gasteiger partial charge in [0.1, 0.15) is 0 Å². The van der Waals surface area contributed by atoms with Crippen molar-refractivity contribution in [3.8, 4) is 0 Å². The number of ether oxygens (including phenoxy) is 1. The lowest BCUT2D eigenvalue weighted by atomic mass is 10.1. The summed E-state index contributed by atoms with van der Waals surface area (Å²) < 4.78 is 4.92. The topological polar surface area (TPSA) is 52.3 Å². The van der Waals surface area contributed by atoms with E-state index >= 15 is 0 Å². The molecule has 0 bridgehead atoms. The van der Waals surface area contributed by atoms with E-state index in [0.717, 1.165) is 12.8 Å². The van der Waals surface area contributed by atoms with Crippen LogP contribution in [0.2, 0.25) is 0 Å². The van der Waals surface area contributed by atoms with Crippen molar-refractivity contribution in [2.75, 3.05) is 13.2 Å². The van der Waals surface area contributed by atoms with Crippen molar-refractivity contribution in [2.45, 2.75) is 26.7 Å². The van der Waals surface area contributed by atoms with Gasteiger partial charge in [0.05, 0.1) is 12.5 Å². The van der Waals surface area contributed by atoms with Crippen molar-refractivity contribution in [1.29, 1.82) is 0 Å². The number of hydrogen-bond donors (Lipinski definition) is 1. The first kappa shape index (κ1) is 10.4. The molecule has 0 spiro atoms. The van der Waals surface area contributed by atoms with Crippen LogP contribution in [0.25, 0.3) is 0 Å². The molecule has 11 heavy (non-hydrogen) atoms. The van der Waals surface area contributed by atoms with Crippen LogP contribution in [0.15, 0.2) is 0 Å². The molecule has 0 aliphatic carbocycles. The van der Waals surface area contributed by atoms with Gasteiger partial charge in [0.15, 0.2) is 0 Å². The fourth-order valence-corrected chi connectivity index (χ4v) is 0.750. The average molecular weight is 159 g/mol.